The molecule has 0 saturated carbocycles. The van der Waals surface area contributed by atoms with E-state index >= 15 is 0 Å². The van der Waals surface area contributed by atoms with E-state index in [-0.39, 0.29) is 22.2 Å². The third-order valence-electron chi connectivity index (χ3n) is 5.11. The summed E-state index contributed by atoms with van der Waals surface area (Å²) in [6.07, 6.45) is 1.79. The van der Waals surface area contributed by atoms with E-state index in [9.17, 15) is 18.3 Å². The van der Waals surface area contributed by atoms with Crippen molar-refractivity contribution in [2.45, 2.75) is 36.3 Å². The van der Waals surface area contributed by atoms with Gasteiger partial charge < -0.3 is 16.2 Å². The number of nitrogens with one attached hydrogen (secondary N) is 1. The van der Waals surface area contributed by atoms with Gasteiger partial charge in [-0.1, -0.05) is 36.7 Å². The van der Waals surface area contributed by atoms with Crippen LogP contribution in [-0.4, -0.2) is 37.9 Å². The zero-order chi connectivity index (χ0) is 21.2. The number of carbonyl (C=O) groups is 1. The Bertz CT molecular complexity index is 1020. The highest BCUT2D eigenvalue weighted by Crippen LogP contribution is 2.43. The molecular formula is C20H24ClN3O4S. The van der Waals surface area contributed by atoms with Crippen LogP contribution in [0.15, 0.2) is 41.3 Å². The molecule has 1 heterocycles. The number of aryl methyl sites for hydroxylation is 1. The number of anilines is 2. The summed E-state index contributed by atoms with van der Waals surface area (Å²) in [5, 5.41) is 13.2. The van der Waals surface area contributed by atoms with Crippen molar-refractivity contribution in [2.24, 2.45) is 5.73 Å². The van der Waals surface area contributed by atoms with E-state index in [1.54, 1.807) is 12.1 Å². The third kappa shape index (κ3) is 4.05. The molecule has 0 bridgehead atoms. The molecule has 9 heteroatoms. The molecule has 1 fully saturated rings. The van der Waals surface area contributed by atoms with Gasteiger partial charge in [0.25, 0.3) is 0 Å². The fraction of sp³-hybridized carbons (Fsp3) is 0.350. The average Bonchev–Trinajstić information content (AvgIpc) is 2.70. The van der Waals surface area contributed by atoms with Crippen LogP contribution in [-0.2, 0) is 16.3 Å². The number of hydrogen-bond donors (Lipinski definition) is 3. The minimum atomic E-state index is -3.93. The molecule has 1 unspecified atom stereocenters. The molecule has 156 valence electrons. The number of phenolic OH excluding ortho intramolecular Hbond substituents is 1. The number of rotatable bonds is 5. The van der Waals surface area contributed by atoms with Crippen LogP contribution in [0.4, 0.5) is 16.2 Å². The van der Waals surface area contributed by atoms with Gasteiger partial charge >= 0.3 is 6.03 Å². The van der Waals surface area contributed by atoms with E-state index < -0.39 is 26.9 Å². The molecular weight excluding hydrogens is 414 g/mol. The van der Waals surface area contributed by atoms with Crippen LogP contribution in [0.2, 0.25) is 5.02 Å². The van der Waals surface area contributed by atoms with E-state index in [4.69, 9.17) is 17.3 Å². The number of aromatic hydroxyl groups is 1. The van der Waals surface area contributed by atoms with Crippen molar-refractivity contribution in [1.82, 2.24) is 5.32 Å². The number of nitrogens with zero attached hydrogens (tertiary/aromatic N) is 1. The van der Waals surface area contributed by atoms with E-state index in [2.05, 4.69) is 5.32 Å². The zero-order valence-corrected chi connectivity index (χ0v) is 17.6. The standard InChI is InChI=1S/C20H24ClN3O4S/c1-2-13-6-3-4-8-16(13)24(20(22)26)17-10-9-15(21)19(18(17)25)29(27,28)14-7-5-11-23-12-14/h3-4,6,8-10,14,23,25H,2,5,7,11-12H2,1H3,(H2,22,26). The van der Waals surface area contributed by atoms with Gasteiger partial charge in [0, 0.05) is 6.54 Å². The normalized spacial score (nSPS) is 17.1. The van der Waals surface area contributed by atoms with Gasteiger partial charge in [-0.3, -0.25) is 4.90 Å². The first-order valence-corrected chi connectivity index (χ1v) is 11.3. The number of carbonyl (C=O) groups excluding carboxylic acids is 1. The second-order valence-electron chi connectivity index (χ2n) is 6.91. The van der Waals surface area contributed by atoms with Gasteiger partial charge in [-0.2, -0.15) is 0 Å². The van der Waals surface area contributed by atoms with Gasteiger partial charge in [0.1, 0.15) is 4.90 Å². The molecule has 7 nitrogen and oxygen atoms in total. The first-order valence-electron chi connectivity index (χ1n) is 9.42. The molecule has 0 radical (unpaired) electrons. The summed E-state index contributed by atoms with van der Waals surface area (Å²) in [7, 11) is -3.93. The van der Waals surface area contributed by atoms with Gasteiger partial charge in [-0.25, -0.2) is 13.2 Å². The quantitative estimate of drug-likeness (QED) is 0.663. The number of phenols is 1. The predicted octanol–water partition coefficient (Wildman–Crippen LogP) is 3.35. The second kappa shape index (κ2) is 8.61. The summed E-state index contributed by atoms with van der Waals surface area (Å²) in [5.74, 6) is -0.576. The molecule has 1 saturated heterocycles. The highest BCUT2D eigenvalue weighted by atomic mass is 35.5. The molecule has 2 aromatic rings. The Kier molecular flexibility index (Phi) is 6.36. The van der Waals surface area contributed by atoms with Crippen molar-refractivity contribution in [2.75, 3.05) is 18.0 Å². The Morgan fingerprint density at radius 2 is 2.00 bits per heavy atom. The van der Waals surface area contributed by atoms with Crippen LogP contribution in [0, 0.1) is 0 Å². The van der Waals surface area contributed by atoms with E-state index in [1.165, 1.54) is 12.1 Å². The lowest BCUT2D eigenvalue weighted by Crippen LogP contribution is -2.39. The van der Waals surface area contributed by atoms with Gasteiger partial charge in [-0.15, -0.1) is 0 Å². The topological polar surface area (TPSA) is 113 Å². The number of amides is 2. The fourth-order valence-electron chi connectivity index (χ4n) is 3.63. The largest absolute Gasteiger partial charge is 0.504 e. The Morgan fingerprint density at radius 3 is 2.62 bits per heavy atom. The summed E-state index contributed by atoms with van der Waals surface area (Å²) in [6.45, 7) is 2.95. The van der Waals surface area contributed by atoms with Gasteiger partial charge in [-0.05, 0) is 49.6 Å². The fourth-order valence-corrected chi connectivity index (χ4v) is 5.97. The summed E-state index contributed by atoms with van der Waals surface area (Å²) in [6, 6.07) is 9.02. The molecule has 2 amide bonds. The number of primary amides is 1. The van der Waals surface area contributed by atoms with Crippen LogP contribution in [0.1, 0.15) is 25.3 Å². The summed E-state index contributed by atoms with van der Waals surface area (Å²) in [4.78, 5) is 13.1. The van der Waals surface area contributed by atoms with Crippen LogP contribution >= 0.6 is 11.6 Å². The first kappa shape index (κ1) is 21.4. The van der Waals surface area contributed by atoms with Crippen molar-refractivity contribution < 1.29 is 18.3 Å². The van der Waals surface area contributed by atoms with Crippen molar-refractivity contribution in [3.8, 4) is 5.75 Å². The van der Waals surface area contributed by atoms with Crippen molar-refractivity contribution in [3.05, 3.63) is 47.0 Å². The molecule has 0 spiro atoms. The zero-order valence-electron chi connectivity index (χ0n) is 16.1. The van der Waals surface area contributed by atoms with Gasteiger partial charge in [0.05, 0.1) is 21.6 Å². The second-order valence-corrected chi connectivity index (χ2v) is 9.49. The molecule has 2 aromatic carbocycles. The van der Waals surface area contributed by atoms with E-state index in [0.717, 1.165) is 17.0 Å². The number of nitrogens with two attached hydrogens (primary N) is 1. The third-order valence-corrected chi connectivity index (χ3v) is 7.80. The summed E-state index contributed by atoms with van der Waals surface area (Å²) in [5.41, 5.74) is 6.89. The van der Waals surface area contributed by atoms with Crippen molar-refractivity contribution >= 4 is 38.8 Å². The Morgan fingerprint density at radius 1 is 1.28 bits per heavy atom. The SMILES string of the molecule is CCc1ccccc1N(C(N)=O)c1ccc(Cl)c(S(=O)(=O)C2CCCNC2)c1O. The Balaban J connectivity index is 2.18. The lowest BCUT2D eigenvalue weighted by molar-refractivity contribution is 0.256. The van der Waals surface area contributed by atoms with Crippen molar-refractivity contribution in [3.63, 3.8) is 0 Å². The maximum Gasteiger partial charge on any atom is 0.324 e. The molecule has 1 aliphatic rings. The maximum atomic E-state index is 13.2. The van der Waals surface area contributed by atoms with E-state index in [1.807, 2.05) is 19.1 Å². The summed E-state index contributed by atoms with van der Waals surface area (Å²) >= 11 is 6.20. The Labute approximate surface area is 175 Å². The predicted molar refractivity (Wildman–Crippen MR) is 114 cm³/mol. The minimum absolute atomic E-state index is 0.0230. The molecule has 0 aromatic heterocycles. The number of sulfone groups is 1. The average molecular weight is 438 g/mol. The monoisotopic (exact) mass is 437 g/mol. The highest BCUT2D eigenvalue weighted by molar-refractivity contribution is 7.92. The van der Waals surface area contributed by atoms with E-state index in [0.29, 0.717) is 24.9 Å². The number of halogens is 1. The number of hydrogen-bond acceptors (Lipinski definition) is 5. The molecule has 1 aliphatic heterocycles. The number of urea groups is 1. The molecule has 4 N–H and O–H groups in total. The van der Waals surface area contributed by atoms with Crippen LogP contribution in [0.5, 0.6) is 5.75 Å². The lowest BCUT2D eigenvalue weighted by atomic mass is 10.1. The Hall–Kier alpha value is -2.29. The number of para-hydroxylation sites is 1. The lowest BCUT2D eigenvalue weighted by Gasteiger charge is -2.27. The van der Waals surface area contributed by atoms with Crippen molar-refractivity contribution in [1.29, 1.82) is 0 Å². The highest BCUT2D eigenvalue weighted by Gasteiger charge is 2.35. The van der Waals surface area contributed by atoms with Gasteiger partial charge in [0.15, 0.2) is 15.6 Å². The molecule has 1 atom stereocenters. The number of piperidine rings is 1. The van der Waals surface area contributed by atoms with Crippen LogP contribution in [0.3, 0.4) is 0 Å². The maximum absolute atomic E-state index is 13.2. The molecule has 29 heavy (non-hydrogen) atoms. The number of benzene rings is 2. The molecule has 3 rings (SSSR count). The molecule has 0 aliphatic carbocycles. The van der Waals surface area contributed by atoms with Crippen LogP contribution < -0.4 is 16.0 Å². The minimum Gasteiger partial charge on any atom is -0.504 e. The smallest absolute Gasteiger partial charge is 0.324 e. The van der Waals surface area contributed by atoms with Gasteiger partial charge in [0.2, 0.25) is 0 Å². The summed E-state index contributed by atoms with van der Waals surface area (Å²) < 4.78 is 26.4. The first-order chi connectivity index (χ1) is 13.8. The van der Waals surface area contributed by atoms with Crippen LogP contribution in [0.25, 0.3) is 0 Å².